The molecule has 0 N–H and O–H groups in total. The van der Waals surface area contributed by atoms with Gasteiger partial charge in [-0.3, -0.25) is 9.36 Å². The number of amides is 1. The van der Waals surface area contributed by atoms with E-state index in [-0.39, 0.29) is 18.0 Å². The van der Waals surface area contributed by atoms with Gasteiger partial charge < -0.3 is 14.4 Å². The van der Waals surface area contributed by atoms with Crippen LogP contribution in [0.4, 0.5) is 5.69 Å². The number of anilines is 1. The van der Waals surface area contributed by atoms with E-state index in [2.05, 4.69) is 10.2 Å². The van der Waals surface area contributed by atoms with Crippen LogP contribution in [0.2, 0.25) is 0 Å². The minimum Gasteiger partial charge on any atom is -0.454 e. The van der Waals surface area contributed by atoms with E-state index in [0.717, 1.165) is 34.1 Å². The summed E-state index contributed by atoms with van der Waals surface area (Å²) < 4.78 is 13.0. The molecule has 8 heteroatoms. The van der Waals surface area contributed by atoms with Crippen molar-refractivity contribution in [2.45, 2.75) is 23.9 Å². The average molecular weight is 473 g/mol. The number of benzene rings is 3. The SMILES string of the molecule is C[C@H](Sc1nnc(-c2ccccc2)n1Cc1ccc2c(c1)OCO2)C(=O)N(C)c1ccccc1. The van der Waals surface area contributed by atoms with Crippen LogP contribution in [-0.4, -0.2) is 39.8 Å². The van der Waals surface area contributed by atoms with Gasteiger partial charge in [0, 0.05) is 18.3 Å². The standard InChI is InChI=1S/C26H24N4O3S/c1-18(25(31)29(2)21-11-7-4-8-12-21)34-26-28-27-24(20-9-5-3-6-10-20)30(26)16-19-13-14-22-23(15-19)33-17-32-22/h3-15,18H,16-17H2,1-2H3/t18-/m0/s1. The minimum atomic E-state index is -0.353. The van der Waals surface area contributed by atoms with Crippen LogP contribution in [-0.2, 0) is 11.3 Å². The molecule has 0 saturated heterocycles. The molecule has 1 aromatic heterocycles. The van der Waals surface area contributed by atoms with Gasteiger partial charge in [0.05, 0.1) is 11.8 Å². The Kier molecular flexibility index (Phi) is 6.22. The fourth-order valence-corrected chi connectivity index (χ4v) is 4.74. The van der Waals surface area contributed by atoms with Crippen LogP contribution in [0.3, 0.4) is 0 Å². The fraction of sp³-hybridized carbons (Fsp3) is 0.192. The lowest BCUT2D eigenvalue weighted by Crippen LogP contribution is -2.33. The molecule has 172 valence electrons. The first-order valence-electron chi connectivity index (χ1n) is 11.0. The second kappa shape index (κ2) is 9.61. The molecule has 1 atom stereocenters. The van der Waals surface area contributed by atoms with Gasteiger partial charge in [-0.2, -0.15) is 0 Å². The van der Waals surface area contributed by atoms with E-state index in [9.17, 15) is 4.79 Å². The zero-order valence-electron chi connectivity index (χ0n) is 18.9. The molecule has 0 unspecified atom stereocenters. The first-order valence-corrected chi connectivity index (χ1v) is 11.8. The van der Waals surface area contributed by atoms with Gasteiger partial charge in [-0.1, -0.05) is 66.4 Å². The van der Waals surface area contributed by atoms with Gasteiger partial charge in [0.25, 0.3) is 0 Å². The second-order valence-electron chi connectivity index (χ2n) is 7.94. The first-order chi connectivity index (χ1) is 16.6. The predicted molar refractivity (Wildman–Crippen MR) is 132 cm³/mol. The van der Waals surface area contributed by atoms with E-state index in [4.69, 9.17) is 9.47 Å². The molecule has 0 saturated carbocycles. The van der Waals surface area contributed by atoms with E-state index in [1.54, 1.807) is 11.9 Å². The number of hydrogen-bond donors (Lipinski definition) is 0. The number of rotatable bonds is 7. The molecule has 5 rings (SSSR count). The number of hydrogen-bond acceptors (Lipinski definition) is 6. The number of aromatic nitrogens is 3. The Bertz CT molecular complexity index is 1290. The lowest BCUT2D eigenvalue weighted by molar-refractivity contribution is -0.117. The van der Waals surface area contributed by atoms with Gasteiger partial charge in [0.1, 0.15) is 0 Å². The number of carbonyl (C=O) groups is 1. The summed E-state index contributed by atoms with van der Waals surface area (Å²) >= 11 is 1.40. The molecular weight excluding hydrogens is 448 g/mol. The highest BCUT2D eigenvalue weighted by molar-refractivity contribution is 8.00. The van der Waals surface area contributed by atoms with Gasteiger partial charge in [-0.15, -0.1) is 10.2 Å². The fourth-order valence-electron chi connectivity index (χ4n) is 3.80. The summed E-state index contributed by atoms with van der Waals surface area (Å²) in [6.07, 6.45) is 0. The third kappa shape index (κ3) is 4.49. The zero-order valence-corrected chi connectivity index (χ0v) is 19.7. The normalized spacial score (nSPS) is 13.0. The van der Waals surface area contributed by atoms with Crippen LogP contribution in [0, 0.1) is 0 Å². The van der Waals surface area contributed by atoms with Crippen molar-refractivity contribution in [3.8, 4) is 22.9 Å². The lowest BCUT2D eigenvalue weighted by Gasteiger charge is -2.21. The van der Waals surface area contributed by atoms with Crippen LogP contribution in [0.25, 0.3) is 11.4 Å². The monoisotopic (exact) mass is 472 g/mol. The number of nitrogens with zero attached hydrogens (tertiary/aromatic N) is 4. The van der Waals surface area contributed by atoms with Crippen LogP contribution in [0.5, 0.6) is 11.5 Å². The third-order valence-electron chi connectivity index (χ3n) is 5.63. The molecule has 0 spiro atoms. The third-order valence-corrected chi connectivity index (χ3v) is 6.70. The molecular formula is C26H24N4O3S. The first kappa shape index (κ1) is 22.0. The molecule has 1 amide bonds. The Hall–Kier alpha value is -3.78. The van der Waals surface area contributed by atoms with Crippen molar-refractivity contribution in [3.05, 3.63) is 84.4 Å². The van der Waals surface area contributed by atoms with Crippen LogP contribution in [0.15, 0.2) is 84.0 Å². The van der Waals surface area contributed by atoms with Crippen molar-refractivity contribution >= 4 is 23.4 Å². The summed E-state index contributed by atoms with van der Waals surface area (Å²) in [6.45, 7) is 2.66. The van der Waals surface area contributed by atoms with Crippen molar-refractivity contribution in [2.75, 3.05) is 18.7 Å². The number of ether oxygens (including phenoxy) is 2. The summed E-state index contributed by atoms with van der Waals surface area (Å²) in [5.74, 6) is 2.22. The van der Waals surface area contributed by atoms with E-state index < -0.39 is 0 Å². The summed E-state index contributed by atoms with van der Waals surface area (Å²) in [5.41, 5.74) is 2.85. The quantitative estimate of drug-likeness (QED) is 0.358. The Morgan fingerprint density at radius 3 is 2.47 bits per heavy atom. The molecule has 0 aliphatic carbocycles. The van der Waals surface area contributed by atoms with Gasteiger partial charge in [0.2, 0.25) is 12.7 Å². The van der Waals surface area contributed by atoms with Crippen LogP contribution in [0.1, 0.15) is 12.5 Å². The summed E-state index contributed by atoms with van der Waals surface area (Å²) in [5, 5.41) is 9.27. The van der Waals surface area contributed by atoms with Crippen LogP contribution < -0.4 is 14.4 Å². The molecule has 7 nitrogen and oxygen atoms in total. The van der Waals surface area contributed by atoms with E-state index >= 15 is 0 Å². The van der Waals surface area contributed by atoms with Crippen molar-refractivity contribution < 1.29 is 14.3 Å². The number of fused-ring (bicyclic) bond motifs is 1. The molecule has 0 bridgehead atoms. The van der Waals surface area contributed by atoms with Crippen molar-refractivity contribution in [1.29, 1.82) is 0 Å². The van der Waals surface area contributed by atoms with Crippen LogP contribution >= 0.6 is 11.8 Å². The highest BCUT2D eigenvalue weighted by Crippen LogP contribution is 2.34. The van der Waals surface area contributed by atoms with Gasteiger partial charge >= 0.3 is 0 Å². The topological polar surface area (TPSA) is 69.5 Å². The predicted octanol–water partition coefficient (Wildman–Crippen LogP) is 4.87. The number of thioether (sulfide) groups is 1. The maximum atomic E-state index is 13.1. The summed E-state index contributed by atoms with van der Waals surface area (Å²) in [7, 11) is 1.79. The minimum absolute atomic E-state index is 0.00455. The Morgan fingerprint density at radius 1 is 1.00 bits per heavy atom. The lowest BCUT2D eigenvalue weighted by atomic mass is 10.2. The highest BCUT2D eigenvalue weighted by atomic mass is 32.2. The average Bonchev–Trinajstić information content (AvgIpc) is 3.51. The second-order valence-corrected chi connectivity index (χ2v) is 9.25. The van der Waals surface area contributed by atoms with Crippen molar-refractivity contribution in [2.24, 2.45) is 0 Å². The Morgan fingerprint density at radius 2 is 1.71 bits per heavy atom. The maximum Gasteiger partial charge on any atom is 0.240 e. The zero-order chi connectivity index (χ0) is 23.5. The van der Waals surface area contributed by atoms with Gasteiger partial charge in [-0.25, -0.2) is 0 Å². The summed E-state index contributed by atoms with van der Waals surface area (Å²) in [4.78, 5) is 14.8. The summed E-state index contributed by atoms with van der Waals surface area (Å²) in [6, 6.07) is 25.5. The van der Waals surface area contributed by atoms with E-state index in [1.165, 1.54) is 11.8 Å². The maximum absolute atomic E-state index is 13.1. The molecule has 0 fully saturated rings. The van der Waals surface area contributed by atoms with Crippen molar-refractivity contribution in [1.82, 2.24) is 14.8 Å². The molecule has 1 aliphatic heterocycles. The van der Waals surface area contributed by atoms with Gasteiger partial charge in [-0.05, 0) is 36.8 Å². The van der Waals surface area contributed by atoms with E-state index in [0.29, 0.717) is 11.7 Å². The Labute approximate surface area is 202 Å². The molecule has 0 radical (unpaired) electrons. The smallest absolute Gasteiger partial charge is 0.240 e. The van der Waals surface area contributed by atoms with Crippen molar-refractivity contribution in [3.63, 3.8) is 0 Å². The molecule has 34 heavy (non-hydrogen) atoms. The largest absolute Gasteiger partial charge is 0.454 e. The highest BCUT2D eigenvalue weighted by Gasteiger charge is 2.24. The molecule has 2 heterocycles. The Balaban J connectivity index is 1.44. The molecule has 4 aromatic rings. The number of para-hydroxylation sites is 1. The van der Waals surface area contributed by atoms with E-state index in [1.807, 2.05) is 90.4 Å². The molecule has 3 aromatic carbocycles. The van der Waals surface area contributed by atoms with Gasteiger partial charge in [0.15, 0.2) is 22.5 Å². The number of carbonyl (C=O) groups excluding carboxylic acids is 1. The molecule has 1 aliphatic rings.